The topological polar surface area (TPSA) is 193 Å². The van der Waals surface area contributed by atoms with Crippen LogP contribution in [0.2, 0.25) is 0 Å². The van der Waals surface area contributed by atoms with Gasteiger partial charge in [-0.2, -0.15) is 0 Å². The van der Waals surface area contributed by atoms with Crippen LogP contribution in [0.4, 0.5) is 26.3 Å². The van der Waals surface area contributed by atoms with Crippen molar-refractivity contribution in [3.8, 4) is 0 Å². The quantitative estimate of drug-likeness (QED) is 0.193. The van der Waals surface area contributed by atoms with Crippen LogP contribution in [0.5, 0.6) is 0 Å². The highest BCUT2D eigenvalue weighted by Crippen LogP contribution is 2.29. The zero-order chi connectivity index (χ0) is 27.1. The summed E-state index contributed by atoms with van der Waals surface area (Å²) in [7, 11) is 0. The van der Waals surface area contributed by atoms with Crippen LogP contribution < -0.4 is 0 Å². The van der Waals surface area contributed by atoms with Crippen LogP contribution in [0.15, 0.2) is 0 Å². The van der Waals surface area contributed by atoms with Gasteiger partial charge in [-0.3, -0.25) is 0 Å². The molecular formula is C18H4F6O11. The first-order valence-corrected chi connectivity index (χ1v) is 8.16. The van der Waals surface area contributed by atoms with Gasteiger partial charge in [-0.15, -0.1) is 0 Å². The predicted molar refractivity (Wildman–Crippen MR) is 90.2 cm³/mol. The third kappa shape index (κ3) is 4.21. The number of carbonyl (C=O) groups is 6. The molecule has 2 aromatic rings. The molecule has 17 heteroatoms. The van der Waals surface area contributed by atoms with E-state index in [1.165, 1.54) is 0 Å². The summed E-state index contributed by atoms with van der Waals surface area (Å²) >= 11 is 0. The Morgan fingerprint density at radius 2 is 0.629 bits per heavy atom. The van der Waals surface area contributed by atoms with Gasteiger partial charge in [0, 0.05) is 0 Å². The molecule has 0 heterocycles. The summed E-state index contributed by atoms with van der Waals surface area (Å²) in [6, 6.07) is 0. The number of hydrogen-bond acceptors (Lipinski definition) is 7. The number of halogens is 6. The Hall–Kier alpha value is -4.96. The van der Waals surface area contributed by atoms with Gasteiger partial charge in [0.05, 0.1) is 0 Å². The van der Waals surface area contributed by atoms with Crippen molar-refractivity contribution in [1.29, 1.82) is 0 Å². The van der Waals surface area contributed by atoms with Crippen molar-refractivity contribution in [2.24, 2.45) is 0 Å². The van der Waals surface area contributed by atoms with Gasteiger partial charge in [-0.05, 0) is 0 Å². The van der Waals surface area contributed by atoms with Crippen molar-refractivity contribution < 1.29 is 80.3 Å². The van der Waals surface area contributed by atoms with E-state index in [1.807, 2.05) is 0 Å². The van der Waals surface area contributed by atoms with Crippen molar-refractivity contribution in [3.05, 3.63) is 68.3 Å². The number of aromatic carboxylic acids is 4. The minimum absolute atomic E-state index is 2.18. The Bertz CT molecular complexity index is 1280. The van der Waals surface area contributed by atoms with Gasteiger partial charge in [-0.25, -0.2) is 55.1 Å². The van der Waals surface area contributed by atoms with Crippen molar-refractivity contribution in [2.75, 3.05) is 0 Å². The summed E-state index contributed by atoms with van der Waals surface area (Å²) in [5.74, 6) is -31.5. The summed E-state index contributed by atoms with van der Waals surface area (Å²) < 4.78 is 88.5. The molecule has 0 aromatic heterocycles. The number of carbonyl (C=O) groups excluding carboxylic acids is 2. The van der Waals surface area contributed by atoms with Crippen LogP contribution in [0.3, 0.4) is 0 Å². The second kappa shape index (κ2) is 9.12. The molecule has 184 valence electrons. The van der Waals surface area contributed by atoms with Crippen molar-refractivity contribution >= 4 is 35.8 Å². The summed E-state index contributed by atoms with van der Waals surface area (Å²) in [6.45, 7) is 0. The maximum Gasteiger partial charge on any atom is 0.350 e. The number of esters is 2. The Balaban J connectivity index is 2.77. The fourth-order valence-electron chi connectivity index (χ4n) is 2.67. The van der Waals surface area contributed by atoms with Crippen LogP contribution in [0.1, 0.15) is 62.1 Å². The minimum atomic E-state index is -2.70. The van der Waals surface area contributed by atoms with Gasteiger partial charge < -0.3 is 25.2 Å². The van der Waals surface area contributed by atoms with E-state index < -0.39 is 104 Å². The predicted octanol–water partition coefficient (Wildman–Crippen LogP) is 2.31. The van der Waals surface area contributed by atoms with Crippen LogP contribution >= 0.6 is 0 Å². The zero-order valence-corrected chi connectivity index (χ0v) is 15.9. The Kier molecular flexibility index (Phi) is 6.85. The average Bonchev–Trinajstić information content (AvgIpc) is 2.71. The second-order valence-electron chi connectivity index (χ2n) is 6.03. The molecule has 0 aliphatic carbocycles. The Morgan fingerprint density at radius 3 is 0.857 bits per heavy atom. The normalized spacial score (nSPS) is 10.6. The SMILES string of the molecule is O=C(O)c1c(F)c(F)c(C(=O)OC(=O)c2c(F)c(F)c(C(=O)O)c(F)c2C(=O)O)c(C(=O)O)c1F. The minimum Gasteiger partial charge on any atom is -0.478 e. The van der Waals surface area contributed by atoms with E-state index in [0.717, 1.165) is 0 Å². The fraction of sp³-hybridized carbons (Fsp3) is 0. The van der Waals surface area contributed by atoms with Gasteiger partial charge in [0.2, 0.25) is 0 Å². The molecule has 4 N–H and O–H groups in total. The van der Waals surface area contributed by atoms with E-state index in [9.17, 15) is 55.1 Å². The molecule has 35 heavy (non-hydrogen) atoms. The van der Waals surface area contributed by atoms with Gasteiger partial charge in [-0.1, -0.05) is 0 Å². The van der Waals surface area contributed by atoms with Crippen molar-refractivity contribution in [3.63, 3.8) is 0 Å². The standard InChI is InChI=1S/C18H4F6O11/c19-7-1(13(25)26)3(9(21)11(23)5(7)15(29)30)17(33)35-18(34)4-2(14(27)28)8(20)6(16(31)32)12(24)10(4)22/h(H,25,26)(H,27,28)(H,29,30)(H,31,32). The highest BCUT2D eigenvalue weighted by molar-refractivity contribution is 6.12. The summed E-state index contributed by atoms with van der Waals surface area (Å²) in [4.78, 5) is 68.4. The van der Waals surface area contributed by atoms with Crippen LogP contribution in [0, 0.1) is 34.9 Å². The lowest BCUT2D eigenvalue weighted by Crippen LogP contribution is -2.26. The highest BCUT2D eigenvalue weighted by atomic mass is 19.2. The van der Waals surface area contributed by atoms with E-state index in [0.29, 0.717) is 0 Å². The first kappa shape index (κ1) is 26.3. The maximum absolute atomic E-state index is 14.2. The van der Waals surface area contributed by atoms with Gasteiger partial charge in [0.1, 0.15) is 33.4 Å². The molecule has 2 aromatic carbocycles. The molecule has 0 saturated carbocycles. The van der Waals surface area contributed by atoms with E-state index >= 15 is 0 Å². The van der Waals surface area contributed by atoms with Gasteiger partial charge >= 0.3 is 35.8 Å². The smallest absolute Gasteiger partial charge is 0.350 e. The summed E-state index contributed by atoms with van der Waals surface area (Å²) in [6.07, 6.45) is 0. The highest BCUT2D eigenvalue weighted by Gasteiger charge is 2.39. The molecule has 0 amide bonds. The first-order chi connectivity index (χ1) is 16.1. The molecule has 0 radical (unpaired) electrons. The molecular weight excluding hydrogens is 506 g/mol. The number of benzene rings is 2. The molecule has 0 spiro atoms. The lowest BCUT2D eigenvalue weighted by atomic mass is 10.00. The summed E-state index contributed by atoms with van der Waals surface area (Å²) in [5.41, 5.74) is -13.3. The van der Waals surface area contributed by atoms with E-state index in [-0.39, 0.29) is 0 Å². The van der Waals surface area contributed by atoms with Gasteiger partial charge in [0.25, 0.3) is 0 Å². The molecule has 0 aliphatic heterocycles. The molecule has 0 fully saturated rings. The monoisotopic (exact) mass is 510 g/mol. The molecule has 0 atom stereocenters. The number of rotatable bonds is 6. The second-order valence-corrected chi connectivity index (χ2v) is 6.03. The largest absolute Gasteiger partial charge is 0.478 e. The lowest BCUT2D eigenvalue weighted by Gasteiger charge is -2.13. The zero-order valence-electron chi connectivity index (χ0n) is 15.9. The summed E-state index contributed by atoms with van der Waals surface area (Å²) in [5, 5.41) is 35.4. The van der Waals surface area contributed by atoms with Gasteiger partial charge in [0.15, 0.2) is 34.9 Å². The first-order valence-electron chi connectivity index (χ1n) is 8.16. The number of carboxylic acids is 4. The van der Waals surface area contributed by atoms with Crippen LogP contribution in [-0.4, -0.2) is 56.2 Å². The number of carboxylic acid groups (broad SMARTS) is 4. The Labute approximate surface area is 185 Å². The third-order valence-corrected chi connectivity index (χ3v) is 4.09. The third-order valence-electron chi connectivity index (χ3n) is 4.09. The van der Waals surface area contributed by atoms with E-state index in [2.05, 4.69) is 4.74 Å². The van der Waals surface area contributed by atoms with E-state index in [1.54, 1.807) is 0 Å². The van der Waals surface area contributed by atoms with Crippen LogP contribution in [0.25, 0.3) is 0 Å². The van der Waals surface area contributed by atoms with Crippen molar-refractivity contribution in [2.45, 2.75) is 0 Å². The van der Waals surface area contributed by atoms with E-state index in [4.69, 9.17) is 20.4 Å². The number of hydrogen-bond donors (Lipinski definition) is 4. The lowest BCUT2D eigenvalue weighted by molar-refractivity contribution is 0.0374. The van der Waals surface area contributed by atoms with Crippen molar-refractivity contribution in [1.82, 2.24) is 0 Å². The molecule has 0 aliphatic rings. The maximum atomic E-state index is 14.2. The molecule has 0 unspecified atom stereocenters. The fourth-order valence-corrected chi connectivity index (χ4v) is 2.67. The Morgan fingerprint density at radius 1 is 0.400 bits per heavy atom. The molecule has 11 nitrogen and oxygen atoms in total. The molecule has 0 saturated heterocycles. The van der Waals surface area contributed by atoms with Crippen LogP contribution in [-0.2, 0) is 4.74 Å². The average molecular weight is 510 g/mol. The molecule has 0 bridgehead atoms. The molecule has 2 rings (SSSR count). The number of ether oxygens (including phenoxy) is 1.